The molecule has 4 nitrogen and oxygen atoms in total. The van der Waals surface area contributed by atoms with Crippen molar-refractivity contribution in [2.24, 2.45) is 17.1 Å². The van der Waals surface area contributed by atoms with Crippen LogP contribution in [0.25, 0.3) is 10.9 Å². The van der Waals surface area contributed by atoms with Gasteiger partial charge in [-0.15, -0.1) is 0 Å². The molecule has 0 unspecified atom stereocenters. The minimum atomic E-state index is -0.341. The molecule has 3 saturated carbocycles. The van der Waals surface area contributed by atoms with Crippen LogP contribution in [0.5, 0.6) is 0 Å². The van der Waals surface area contributed by atoms with Gasteiger partial charge < -0.3 is 15.4 Å². The standard InChI is InChI=1S/C21H28N2O2/c1-14-3-2-4-16-18(14)19(20(22)25)17(23(16)11-12-24)13-21-8-5-15(6-9-21)7-10-21/h2-4,15,24H,5-13H2,1H3,(H2,22,25). The molecule has 4 heteroatoms. The average molecular weight is 340 g/mol. The van der Waals surface area contributed by atoms with Gasteiger partial charge in [0.05, 0.1) is 12.2 Å². The second-order valence-electron chi connectivity index (χ2n) is 8.19. The van der Waals surface area contributed by atoms with Crippen molar-refractivity contribution in [3.05, 3.63) is 35.0 Å². The van der Waals surface area contributed by atoms with E-state index in [0.717, 1.165) is 34.5 Å². The number of aromatic nitrogens is 1. The summed E-state index contributed by atoms with van der Waals surface area (Å²) in [6.07, 6.45) is 8.66. The molecule has 0 aliphatic heterocycles. The Balaban J connectivity index is 1.89. The van der Waals surface area contributed by atoms with Gasteiger partial charge in [-0.2, -0.15) is 0 Å². The van der Waals surface area contributed by atoms with Crippen LogP contribution in [0, 0.1) is 18.3 Å². The summed E-state index contributed by atoms with van der Waals surface area (Å²) in [6.45, 7) is 2.62. The molecule has 1 heterocycles. The van der Waals surface area contributed by atoms with Crippen LogP contribution in [0.1, 0.15) is 60.1 Å². The molecule has 1 amide bonds. The Kier molecular flexibility index (Phi) is 4.11. The molecule has 1 aromatic heterocycles. The first kappa shape index (κ1) is 16.6. The minimum absolute atomic E-state index is 0.0675. The molecule has 134 valence electrons. The van der Waals surface area contributed by atoms with Crippen LogP contribution >= 0.6 is 0 Å². The largest absolute Gasteiger partial charge is 0.395 e. The van der Waals surface area contributed by atoms with Crippen molar-refractivity contribution >= 4 is 16.8 Å². The molecule has 1 aromatic carbocycles. The average Bonchev–Trinajstić information content (AvgIpc) is 2.92. The van der Waals surface area contributed by atoms with Gasteiger partial charge in [-0.25, -0.2) is 0 Å². The number of nitrogens with zero attached hydrogens (tertiary/aromatic N) is 1. The van der Waals surface area contributed by atoms with Crippen LogP contribution in [0.2, 0.25) is 0 Å². The Hall–Kier alpha value is -1.81. The number of hydrogen-bond donors (Lipinski definition) is 2. The SMILES string of the molecule is Cc1cccc2c1c(C(N)=O)c(CC13CCC(CC1)CC3)n2CCO. The third-order valence-corrected chi connectivity index (χ3v) is 6.77. The summed E-state index contributed by atoms with van der Waals surface area (Å²) in [6, 6.07) is 6.10. The molecule has 3 aliphatic rings. The van der Waals surface area contributed by atoms with Crippen LogP contribution in [-0.2, 0) is 13.0 Å². The number of carbonyl (C=O) groups is 1. The van der Waals surface area contributed by atoms with E-state index < -0.39 is 0 Å². The maximum atomic E-state index is 12.4. The Morgan fingerprint density at radius 1 is 1.28 bits per heavy atom. The smallest absolute Gasteiger partial charge is 0.251 e. The number of fused-ring (bicyclic) bond motifs is 4. The van der Waals surface area contributed by atoms with Crippen molar-refractivity contribution in [2.45, 2.75) is 58.4 Å². The van der Waals surface area contributed by atoms with Crippen molar-refractivity contribution in [2.75, 3.05) is 6.61 Å². The summed E-state index contributed by atoms with van der Waals surface area (Å²) in [5, 5.41) is 10.6. The Bertz CT molecular complexity index is 799. The monoisotopic (exact) mass is 340 g/mol. The zero-order chi connectivity index (χ0) is 17.6. The lowest BCUT2D eigenvalue weighted by Gasteiger charge is -2.47. The zero-order valence-corrected chi connectivity index (χ0v) is 15.1. The van der Waals surface area contributed by atoms with Gasteiger partial charge in [-0.05, 0) is 74.8 Å². The normalized spacial score (nSPS) is 25.6. The van der Waals surface area contributed by atoms with E-state index in [9.17, 15) is 9.90 Å². The molecule has 25 heavy (non-hydrogen) atoms. The molecular weight excluding hydrogens is 312 g/mol. The number of primary amides is 1. The first-order valence-electron chi connectivity index (χ1n) is 9.56. The number of nitrogens with two attached hydrogens (primary N) is 1. The second-order valence-corrected chi connectivity index (χ2v) is 8.19. The fourth-order valence-electron chi connectivity index (χ4n) is 5.39. The highest BCUT2D eigenvalue weighted by Crippen LogP contribution is 2.52. The Morgan fingerprint density at radius 2 is 1.96 bits per heavy atom. The zero-order valence-electron chi connectivity index (χ0n) is 15.1. The maximum absolute atomic E-state index is 12.4. The minimum Gasteiger partial charge on any atom is -0.395 e. The number of benzene rings is 1. The van der Waals surface area contributed by atoms with Gasteiger partial charge in [0.25, 0.3) is 5.91 Å². The molecule has 0 saturated heterocycles. The third kappa shape index (κ3) is 2.67. The van der Waals surface area contributed by atoms with Gasteiger partial charge in [0.2, 0.25) is 0 Å². The van der Waals surface area contributed by atoms with Crippen molar-refractivity contribution in [3.8, 4) is 0 Å². The lowest BCUT2D eigenvalue weighted by molar-refractivity contribution is 0.0631. The van der Waals surface area contributed by atoms with E-state index in [0.29, 0.717) is 17.5 Å². The number of rotatable bonds is 5. The lowest BCUT2D eigenvalue weighted by atomic mass is 9.59. The van der Waals surface area contributed by atoms with E-state index in [1.165, 1.54) is 38.5 Å². The Labute approximate surface area is 149 Å². The summed E-state index contributed by atoms with van der Waals surface area (Å²) in [5.41, 5.74) is 9.99. The van der Waals surface area contributed by atoms with Crippen LogP contribution in [0.4, 0.5) is 0 Å². The molecule has 3 N–H and O–H groups in total. The summed E-state index contributed by atoms with van der Waals surface area (Å²) >= 11 is 0. The van der Waals surface area contributed by atoms with Crippen molar-refractivity contribution in [3.63, 3.8) is 0 Å². The van der Waals surface area contributed by atoms with Crippen LogP contribution in [0.3, 0.4) is 0 Å². The highest BCUT2D eigenvalue weighted by atomic mass is 16.3. The fraction of sp³-hybridized carbons (Fsp3) is 0.571. The summed E-state index contributed by atoms with van der Waals surface area (Å²) in [7, 11) is 0. The number of carbonyl (C=O) groups excluding carboxylic acids is 1. The number of aliphatic hydroxyl groups is 1. The van der Waals surface area contributed by atoms with E-state index in [1.807, 2.05) is 25.1 Å². The molecule has 0 atom stereocenters. The predicted molar refractivity (Wildman–Crippen MR) is 99.6 cm³/mol. The quantitative estimate of drug-likeness (QED) is 0.874. The highest BCUT2D eigenvalue weighted by molar-refractivity contribution is 6.09. The summed E-state index contributed by atoms with van der Waals surface area (Å²) in [5.74, 6) is 0.579. The second kappa shape index (κ2) is 6.17. The highest BCUT2D eigenvalue weighted by Gasteiger charge is 2.41. The topological polar surface area (TPSA) is 68.2 Å². The number of aryl methyl sites for hydroxylation is 1. The number of amides is 1. The summed E-state index contributed by atoms with van der Waals surface area (Å²) < 4.78 is 2.15. The van der Waals surface area contributed by atoms with E-state index in [4.69, 9.17) is 5.73 Å². The van der Waals surface area contributed by atoms with Gasteiger partial charge in [0, 0.05) is 23.1 Å². The van der Waals surface area contributed by atoms with Crippen molar-refractivity contribution in [1.29, 1.82) is 0 Å². The van der Waals surface area contributed by atoms with E-state index in [-0.39, 0.29) is 12.5 Å². The number of aliphatic hydroxyl groups excluding tert-OH is 1. The molecular formula is C21H28N2O2. The van der Waals surface area contributed by atoms with E-state index >= 15 is 0 Å². The third-order valence-electron chi connectivity index (χ3n) is 6.77. The van der Waals surface area contributed by atoms with Gasteiger partial charge in [-0.1, -0.05) is 12.1 Å². The van der Waals surface area contributed by atoms with Gasteiger partial charge in [-0.3, -0.25) is 4.79 Å². The van der Waals surface area contributed by atoms with Gasteiger partial charge in [0.1, 0.15) is 0 Å². The molecule has 3 fully saturated rings. The molecule has 3 aliphatic carbocycles. The van der Waals surface area contributed by atoms with Crippen molar-refractivity contribution in [1.82, 2.24) is 4.57 Å². The first-order chi connectivity index (χ1) is 12.0. The lowest BCUT2D eigenvalue weighted by Crippen LogP contribution is -2.36. The van der Waals surface area contributed by atoms with Crippen LogP contribution in [-0.4, -0.2) is 22.2 Å². The van der Waals surface area contributed by atoms with Gasteiger partial charge >= 0.3 is 0 Å². The van der Waals surface area contributed by atoms with Crippen LogP contribution in [0.15, 0.2) is 18.2 Å². The van der Waals surface area contributed by atoms with Gasteiger partial charge in [0.15, 0.2) is 0 Å². The van der Waals surface area contributed by atoms with E-state index in [2.05, 4.69) is 4.57 Å². The first-order valence-corrected chi connectivity index (χ1v) is 9.56. The molecule has 5 rings (SSSR count). The maximum Gasteiger partial charge on any atom is 0.251 e. The molecule has 2 aromatic rings. The fourth-order valence-corrected chi connectivity index (χ4v) is 5.39. The van der Waals surface area contributed by atoms with Crippen LogP contribution < -0.4 is 5.73 Å². The summed E-state index contributed by atoms with van der Waals surface area (Å²) in [4.78, 5) is 12.4. The predicted octanol–water partition coefficient (Wildman–Crippen LogP) is 3.55. The molecule has 2 bridgehead atoms. The Morgan fingerprint density at radius 3 is 2.56 bits per heavy atom. The van der Waals surface area contributed by atoms with Crippen molar-refractivity contribution < 1.29 is 9.90 Å². The molecule has 0 radical (unpaired) electrons. The number of hydrogen-bond acceptors (Lipinski definition) is 2. The molecule has 0 spiro atoms. The van der Waals surface area contributed by atoms with E-state index in [1.54, 1.807) is 0 Å².